The maximum absolute atomic E-state index is 11.9. The van der Waals surface area contributed by atoms with Crippen molar-refractivity contribution in [2.24, 2.45) is 5.92 Å². The summed E-state index contributed by atoms with van der Waals surface area (Å²) in [5, 5.41) is 14.5. The van der Waals surface area contributed by atoms with Gasteiger partial charge in [-0.15, -0.1) is 0 Å². The molecule has 1 heterocycles. The Morgan fingerprint density at radius 3 is 2.38 bits per heavy atom. The maximum Gasteiger partial charge on any atom is 0.336 e. The standard InChI is InChI=1S/C24H29N3O2/c1-16(2)13-21-25-23(24(3,4)5)26-27(21)15-17-11-12-19(20(14-17)22(28)29)18-9-7-6-8-10-18/h6-12,14,16H,13,15H2,1-5H3,(H,28,29). The molecule has 0 saturated carbocycles. The average Bonchev–Trinajstić information content (AvgIpc) is 3.04. The summed E-state index contributed by atoms with van der Waals surface area (Å²) >= 11 is 0. The number of benzene rings is 2. The first-order valence-electron chi connectivity index (χ1n) is 10.0. The van der Waals surface area contributed by atoms with Crippen LogP contribution in [0, 0.1) is 5.92 Å². The van der Waals surface area contributed by atoms with E-state index in [1.54, 1.807) is 6.07 Å². The molecule has 0 saturated heterocycles. The maximum atomic E-state index is 11.9. The second-order valence-electron chi connectivity index (χ2n) is 8.91. The molecule has 0 aliphatic rings. The van der Waals surface area contributed by atoms with E-state index in [1.165, 1.54) is 0 Å². The minimum atomic E-state index is -0.929. The molecule has 1 N–H and O–H groups in total. The third-order valence-electron chi connectivity index (χ3n) is 4.74. The summed E-state index contributed by atoms with van der Waals surface area (Å²) in [6, 6.07) is 15.2. The Morgan fingerprint density at radius 1 is 1.10 bits per heavy atom. The zero-order valence-electron chi connectivity index (χ0n) is 17.8. The van der Waals surface area contributed by atoms with E-state index < -0.39 is 5.97 Å². The van der Waals surface area contributed by atoms with Gasteiger partial charge in [-0.3, -0.25) is 0 Å². The molecule has 29 heavy (non-hydrogen) atoms. The van der Waals surface area contributed by atoms with Crippen molar-refractivity contribution in [2.45, 2.75) is 53.0 Å². The van der Waals surface area contributed by atoms with Gasteiger partial charge in [0.15, 0.2) is 5.82 Å². The van der Waals surface area contributed by atoms with Crippen LogP contribution in [0.25, 0.3) is 11.1 Å². The van der Waals surface area contributed by atoms with Gasteiger partial charge >= 0.3 is 5.97 Å². The summed E-state index contributed by atoms with van der Waals surface area (Å²) in [7, 11) is 0. The number of carboxylic acid groups (broad SMARTS) is 1. The molecule has 0 atom stereocenters. The molecule has 5 heteroatoms. The first-order chi connectivity index (χ1) is 13.6. The first-order valence-corrected chi connectivity index (χ1v) is 10.0. The molecular weight excluding hydrogens is 362 g/mol. The van der Waals surface area contributed by atoms with Gasteiger partial charge in [-0.2, -0.15) is 5.10 Å². The van der Waals surface area contributed by atoms with Crippen molar-refractivity contribution in [2.75, 3.05) is 0 Å². The van der Waals surface area contributed by atoms with E-state index in [9.17, 15) is 9.90 Å². The Labute approximate surface area is 172 Å². The van der Waals surface area contributed by atoms with E-state index in [1.807, 2.05) is 47.1 Å². The number of hydrogen-bond donors (Lipinski definition) is 1. The normalized spacial score (nSPS) is 11.8. The van der Waals surface area contributed by atoms with Gasteiger partial charge in [0.05, 0.1) is 12.1 Å². The molecule has 0 aliphatic heterocycles. The van der Waals surface area contributed by atoms with Crippen molar-refractivity contribution in [3.05, 3.63) is 71.3 Å². The molecule has 0 unspecified atom stereocenters. The van der Waals surface area contributed by atoms with Gasteiger partial charge in [-0.25, -0.2) is 14.5 Å². The Balaban J connectivity index is 1.99. The Kier molecular flexibility index (Phi) is 5.87. The van der Waals surface area contributed by atoms with Gasteiger partial charge in [0.2, 0.25) is 0 Å². The van der Waals surface area contributed by atoms with Crippen LogP contribution in [0.1, 0.15) is 62.2 Å². The summed E-state index contributed by atoms with van der Waals surface area (Å²) < 4.78 is 1.92. The van der Waals surface area contributed by atoms with Gasteiger partial charge in [0, 0.05) is 11.8 Å². The molecule has 152 valence electrons. The highest BCUT2D eigenvalue weighted by Gasteiger charge is 2.22. The molecule has 0 fully saturated rings. The van der Waals surface area contributed by atoms with E-state index in [2.05, 4.69) is 34.6 Å². The smallest absolute Gasteiger partial charge is 0.336 e. The quantitative estimate of drug-likeness (QED) is 0.628. The monoisotopic (exact) mass is 391 g/mol. The van der Waals surface area contributed by atoms with Crippen LogP contribution in [0.5, 0.6) is 0 Å². The number of rotatable bonds is 6. The summed E-state index contributed by atoms with van der Waals surface area (Å²) in [5.41, 5.74) is 2.68. The highest BCUT2D eigenvalue weighted by molar-refractivity contribution is 5.96. The minimum absolute atomic E-state index is 0.139. The fraction of sp³-hybridized carbons (Fsp3) is 0.375. The Hall–Kier alpha value is -2.95. The fourth-order valence-electron chi connectivity index (χ4n) is 3.24. The van der Waals surface area contributed by atoms with Gasteiger partial charge in [-0.05, 0) is 28.7 Å². The van der Waals surface area contributed by atoms with Crippen molar-refractivity contribution >= 4 is 5.97 Å². The van der Waals surface area contributed by atoms with Gasteiger partial charge in [-0.1, -0.05) is 77.1 Å². The number of carbonyl (C=O) groups is 1. The lowest BCUT2D eigenvalue weighted by atomic mass is 9.96. The van der Waals surface area contributed by atoms with Crippen molar-refractivity contribution in [1.82, 2.24) is 14.8 Å². The third kappa shape index (κ3) is 4.91. The minimum Gasteiger partial charge on any atom is -0.478 e. The lowest BCUT2D eigenvalue weighted by Gasteiger charge is -2.12. The average molecular weight is 392 g/mol. The Bertz CT molecular complexity index is 999. The van der Waals surface area contributed by atoms with Crippen LogP contribution in [0.2, 0.25) is 0 Å². The molecule has 3 aromatic rings. The molecule has 1 aromatic heterocycles. The van der Waals surface area contributed by atoms with Gasteiger partial charge in [0.1, 0.15) is 5.82 Å². The molecule has 5 nitrogen and oxygen atoms in total. The highest BCUT2D eigenvalue weighted by Crippen LogP contribution is 2.26. The molecule has 0 spiro atoms. The largest absolute Gasteiger partial charge is 0.478 e. The predicted octanol–water partition coefficient (Wildman–Crippen LogP) is 5.19. The van der Waals surface area contributed by atoms with Gasteiger partial charge in [0.25, 0.3) is 0 Å². The topological polar surface area (TPSA) is 68.0 Å². The molecule has 0 amide bonds. The molecule has 0 bridgehead atoms. The predicted molar refractivity (Wildman–Crippen MR) is 115 cm³/mol. The molecular formula is C24H29N3O2. The zero-order chi connectivity index (χ0) is 21.2. The third-order valence-corrected chi connectivity index (χ3v) is 4.74. The van der Waals surface area contributed by atoms with E-state index in [4.69, 9.17) is 10.1 Å². The molecule has 2 aromatic carbocycles. The van der Waals surface area contributed by atoms with Crippen LogP contribution >= 0.6 is 0 Å². The van der Waals surface area contributed by atoms with Crippen LogP contribution in [0.15, 0.2) is 48.5 Å². The number of hydrogen-bond acceptors (Lipinski definition) is 3. The molecule has 3 rings (SSSR count). The van der Waals surface area contributed by atoms with Crippen LogP contribution < -0.4 is 0 Å². The van der Waals surface area contributed by atoms with Crippen LogP contribution in [-0.2, 0) is 18.4 Å². The summed E-state index contributed by atoms with van der Waals surface area (Å²) in [5.74, 6) is 1.28. The van der Waals surface area contributed by atoms with Crippen molar-refractivity contribution in [3.63, 3.8) is 0 Å². The summed E-state index contributed by atoms with van der Waals surface area (Å²) in [6.45, 7) is 11.1. The molecule has 0 aliphatic carbocycles. The lowest BCUT2D eigenvalue weighted by molar-refractivity contribution is 0.0697. The van der Waals surface area contributed by atoms with Crippen molar-refractivity contribution in [1.29, 1.82) is 0 Å². The van der Waals surface area contributed by atoms with Crippen LogP contribution in [0.4, 0.5) is 0 Å². The summed E-state index contributed by atoms with van der Waals surface area (Å²) in [4.78, 5) is 16.7. The number of carboxylic acids is 1. The second kappa shape index (κ2) is 8.19. The highest BCUT2D eigenvalue weighted by atomic mass is 16.4. The number of aromatic carboxylic acids is 1. The van der Waals surface area contributed by atoms with E-state index >= 15 is 0 Å². The first kappa shape index (κ1) is 20.8. The lowest BCUT2D eigenvalue weighted by Crippen LogP contribution is -2.14. The summed E-state index contributed by atoms with van der Waals surface area (Å²) in [6.07, 6.45) is 0.830. The fourth-order valence-corrected chi connectivity index (χ4v) is 3.24. The van der Waals surface area contributed by atoms with Crippen molar-refractivity contribution in [3.8, 4) is 11.1 Å². The Morgan fingerprint density at radius 2 is 1.79 bits per heavy atom. The number of nitrogens with zero attached hydrogens (tertiary/aromatic N) is 3. The van der Waals surface area contributed by atoms with Crippen molar-refractivity contribution < 1.29 is 9.90 Å². The van der Waals surface area contributed by atoms with E-state index in [0.29, 0.717) is 18.0 Å². The van der Waals surface area contributed by atoms with E-state index in [0.717, 1.165) is 34.8 Å². The van der Waals surface area contributed by atoms with E-state index in [-0.39, 0.29) is 5.41 Å². The molecule has 0 radical (unpaired) electrons. The van der Waals surface area contributed by atoms with Gasteiger partial charge < -0.3 is 5.11 Å². The van der Waals surface area contributed by atoms with Crippen LogP contribution in [0.3, 0.4) is 0 Å². The second-order valence-corrected chi connectivity index (χ2v) is 8.91. The SMILES string of the molecule is CC(C)Cc1nc(C(C)(C)C)nn1Cc1ccc(-c2ccccc2)c(C(=O)O)c1. The number of aromatic nitrogens is 3. The van der Waals surface area contributed by atoms with Crippen LogP contribution in [-0.4, -0.2) is 25.8 Å². The zero-order valence-corrected chi connectivity index (χ0v) is 17.8.